The lowest BCUT2D eigenvalue weighted by molar-refractivity contribution is -0.126. The molecule has 1 saturated carbocycles. The zero-order chi connectivity index (χ0) is 15.3. The minimum Gasteiger partial charge on any atom is -0.350 e. The quantitative estimate of drug-likeness (QED) is 0.818. The van der Waals surface area contributed by atoms with E-state index in [0.29, 0.717) is 6.54 Å². The molecule has 0 heterocycles. The molecule has 3 N–H and O–H groups in total. The molecule has 0 aromatic heterocycles. The second kappa shape index (κ2) is 10.1. The van der Waals surface area contributed by atoms with Crippen LogP contribution in [0.25, 0.3) is 0 Å². The highest BCUT2D eigenvalue weighted by Crippen LogP contribution is 2.27. The van der Waals surface area contributed by atoms with Crippen LogP contribution in [0.15, 0.2) is 24.3 Å². The van der Waals surface area contributed by atoms with Crippen molar-refractivity contribution in [2.75, 3.05) is 13.6 Å². The van der Waals surface area contributed by atoms with Crippen molar-refractivity contribution in [2.45, 2.75) is 51.2 Å². The molecule has 0 radical (unpaired) electrons. The molecular formula is C17H29Cl2N3O. The number of rotatable bonds is 6. The van der Waals surface area contributed by atoms with Crippen molar-refractivity contribution in [3.05, 3.63) is 35.4 Å². The molecule has 23 heavy (non-hydrogen) atoms. The van der Waals surface area contributed by atoms with Crippen molar-refractivity contribution in [1.29, 1.82) is 0 Å². The predicted octanol–water partition coefficient (Wildman–Crippen LogP) is 2.87. The number of benzene rings is 1. The van der Waals surface area contributed by atoms with E-state index < -0.39 is 5.54 Å². The van der Waals surface area contributed by atoms with Crippen LogP contribution in [-0.4, -0.2) is 29.9 Å². The summed E-state index contributed by atoms with van der Waals surface area (Å²) in [4.78, 5) is 14.5. The topological polar surface area (TPSA) is 58.4 Å². The number of carbonyl (C=O) groups is 1. The van der Waals surface area contributed by atoms with Gasteiger partial charge in [0, 0.05) is 13.1 Å². The van der Waals surface area contributed by atoms with Crippen molar-refractivity contribution < 1.29 is 4.79 Å². The summed E-state index contributed by atoms with van der Waals surface area (Å²) < 4.78 is 0. The summed E-state index contributed by atoms with van der Waals surface area (Å²) in [5.74, 6) is -0.00363. The standard InChI is InChI=1S/C17H27N3O.2ClH/c1-3-20(2)13-15-8-6-7-14(11-15)12-19-16(21)17(18)9-4-5-10-17;;/h6-8,11H,3-5,9-10,12-13,18H2,1-2H3,(H,19,21);2*1H. The van der Waals surface area contributed by atoms with E-state index in [1.54, 1.807) is 0 Å². The average Bonchev–Trinajstić information content (AvgIpc) is 2.93. The normalized spacial score (nSPS) is 15.7. The van der Waals surface area contributed by atoms with Gasteiger partial charge in [-0.2, -0.15) is 0 Å². The van der Waals surface area contributed by atoms with Gasteiger partial charge in [0.1, 0.15) is 0 Å². The predicted molar refractivity (Wildman–Crippen MR) is 100 cm³/mol. The van der Waals surface area contributed by atoms with Crippen molar-refractivity contribution in [1.82, 2.24) is 10.2 Å². The van der Waals surface area contributed by atoms with E-state index in [4.69, 9.17) is 5.73 Å². The zero-order valence-electron chi connectivity index (χ0n) is 14.0. The molecule has 1 amide bonds. The molecule has 1 aromatic carbocycles. The maximum absolute atomic E-state index is 12.2. The van der Waals surface area contributed by atoms with Gasteiger partial charge >= 0.3 is 0 Å². The molecule has 6 heteroatoms. The van der Waals surface area contributed by atoms with Gasteiger partial charge in [-0.15, -0.1) is 24.8 Å². The molecule has 0 bridgehead atoms. The summed E-state index contributed by atoms with van der Waals surface area (Å²) in [7, 11) is 2.10. The van der Waals surface area contributed by atoms with Crippen molar-refractivity contribution in [2.24, 2.45) is 5.73 Å². The molecule has 1 aromatic rings. The number of nitrogens with one attached hydrogen (secondary N) is 1. The van der Waals surface area contributed by atoms with E-state index in [2.05, 4.69) is 36.3 Å². The molecular weight excluding hydrogens is 333 g/mol. The maximum Gasteiger partial charge on any atom is 0.240 e. The van der Waals surface area contributed by atoms with Gasteiger partial charge < -0.3 is 16.0 Å². The van der Waals surface area contributed by atoms with Crippen LogP contribution in [0.2, 0.25) is 0 Å². The highest BCUT2D eigenvalue weighted by atomic mass is 35.5. The second-order valence-corrected chi connectivity index (χ2v) is 6.20. The van der Waals surface area contributed by atoms with E-state index in [0.717, 1.165) is 44.3 Å². The van der Waals surface area contributed by atoms with Crippen LogP contribution in [0.4, 0.5) is 0 Å². The van der Waals surface area contributed by atoms with Crippen LogP contribution in [0.3, 0.4) is 0 Å². The number of carbonyl (C=O) groups excluding carboxylic acids is 1. The van der Waals surface area contributed by atoms with Crippen molar-refractivity contribution in [3.63, 3.8) is 0 Å². The minimum absolute atomic E-state index is 0. The van der Waals surface area contributed by atoms with Crippen LogP contribution in [0, 0.1) is 0 Å². The third kappa shape index (κ3) is 6.30. The van der Waals surface area contributed by atoms with Crippen molar-refractivity contribution in [3.8, 4) is 0 Å². The van der Waals surface area contributed by atoms with E-state index in [1.165, 1.54) is 5.56 Å². The fraction of sp³-hybridized carbons (Fsp3) is 0.588. The number of amides is 1. The summed E-state index contributed by atoms with van der Waals surface area (Å²) in [6, 6.07) is 8.38. The fourth-order valence-electron chi connectivity index (χ4n) is 2.85. The average molecular weight is 362 g/mol. The Morgan fingerprint density at radius 2 is 1.87 bits per heavy atom. The number of hydrogen-bond acceptors (Lipinski definition) is 3. The monoisotopic (exact) mass is 361 g/mol. The van der Waals surface area contributed by atoms with Gasteiger partial charge in [0.2, 0.25) is 5.91 Å². The molecule has 132 valence electrons. The highest BCUT2D eigenvalue weighted by molar-refractivity contribution is 5.86. The summed E-state index contributed by atoms with van der Waals surface area (Å²) in [5, 5.41) is 3.00. The summed E-state index contributed by atoms with van der Waals surface area (Å²) in [5.41, 5.74) is 7.93. The van der Waals surface area contributed by atoms with Gasteiger partial charge in [0.25, 0.3) is 0 Å². The van der Waals surface area contributed by atoms with E-state index in [9.17, 15) is 4.79 Å². The molecule has 0 saturated heterocycles. The highest BCUT2D eigenvalue weighted by Gasteiger charge is 2.36. The smallest absolute Gasteiger partial charge is 0.240 e. The lowest BCUT2D eigenvalue weighted by Gasteiger charge is -2.22. The van der Waals surface area contributed by atoms with Crippen LogP contribution in [0.1, 0.15) is 43.7 Å². The van der Waals surface area contributed by atoms with Crippen LogP contribution < -0.4 is 11.1 Å². The molecule has 4 nitrogen and oxygen atoms in total. The molecule has 0 aliphatic heterocycles. The van der Waals surface area contributed by atoms with Gasteiger partial charge in [-0.1, -0.05) is 44.0 Å². The Balaban J connectivity index is 0.00000242. The van der Waals surface area contributed by atoms with E-state index in [1.807, 2.05) is 12.1 Å². The Labute approximate surface area is 152 Å². The summed E-state index contributed by atoms with van der Waals surface area (Å²) in [6.45, 7) is 4.66. The van der Waals surface area contributed by atoms with Crippen LogP contribution in [-0.2, 0) is 17.9 Å². The van der Waals surface area contributed by atoms with E-state index >= 15 is 0 Å². The molecule has 1 aliphatic carbocycles. The number of nitrogens with two attached hydrogens (primary N) is 1. The van der Waals surface area contributed by atoms with Gasteiger partial charge in [0.15, 0.2) is 0 Å². The number of nitrogens with zero attached hydrogens (tertiary/aromatic N) is 1. The number of hydrogen-bond donors (Lipinski definition) is 2. The molecule has 0 unspecified atom stereocenters. The first-order valence-corrected chi connectivity index (χ1v) is 7.87. The van der Waals surface area contributed by atoms with Gasteiger partial charge in [0.05, 0.1) is 5.54 Å². The SMILES string of the molecule is CCN(C)Cc1cccc(CNC(=O)C2(N)CCCC2)c1.Cl.Cl. The Bertz CT molecular complexity index is 490. The Morgan fingerprint density at radius 3 is 2.48 bits per heavy atom. The third-order valence-electron chi connectivity index (χ3n) is 4.38. The third-order valence-corrected chi connectivity index (χ3v) is 4.38. The summed E-state index contributed by atoms with van der Waals surface area (Å²) >= 11 is 0. The van der Waals surface area contributed by atoms with Crippen LogP contribution >= 0.6 is 24.8 Å². The first kappa shape index (κ1) is 22.2. The lowest BCUT2D eigenvalue weighted by atomic mass is 9.98. The second-order valence-electron chi connectivity index (χ2n) is 6.20. The Hall–Kier alpha value is -0.810. The first-order valence-electron chi connectivity index (χ1n) is 7.87. The van der Waals surface area contributed by atoms with Gasteiger partial charge in [-0.25, -0.2) is 0 Å². The molecule has 2 rings (SSSR count). The summed E-state index contributed by atoms with van der Waals surface area (Å²) in [6.07, 6.45) is 3.73. The largest absolute Gasteiger partial charge is 0.350 e. The zero-order valence-corrected chi connectivity index (χ0v) is 15.6. The maximum atomic E-state index is 12.2. The Morgan fingerprint density at radius 1 is 1.26 bits per heavy atom. The van der Waals surface area contributed by atoms with Gasteiger partial charge in [-0.05, 0) is 37.6 Å². The van der Waals surface area contributed by atoms with E-state index in [-0.39, 0.29) is 30.7 Å². The molecule has 1 aliphatic rings. The first-order chi connectivity index (χ1) is 10.0. The number of halogens is 2. The van der Waals surface area contributed by atoms with Crippen molar-refractivity contribution >= 4 is 30.7 Å². The molecule has 0 spiro atoms. The fourth-order valence-corrected chi connectivity index (χ4v) is 2.85. The Kier molecular flexibility index (Phi) is 9.78. The molecule has 1 fully saturated rings. The van der Waals surface area contributed by atoms with Crippen LogP contribution in [0.5, 0.6) is 0 Å². The lowest BCUT2D eigenvalue weighted by Crippen LogP contribution is -2.51. The molecule has 0 atom stereocenters. The van der Waals surface area contributed by atoms with Gasteiger partial charge in [-0.3, -0.25) is 4.79 Å². The minimum atomic E-state index is -0.639.